The minimum atomic E-state index is 0.271. The molecule has 0 bridgehead atoms. The second-order valence-electron chi connectivity index (χ2n) is 5.46. The molecule has 1 N–H and O–H groups in total. The van der Waals surface area contributed by atoms with E-state index in [1.807, 2.05) is 24.0 Å². The lowest BCUT2D eigenvalue weighted by Gasteiger charge is -2.26. The van der Waals surface area contributed by atoms with E-state index in [0.717, 1.165) is 36.5 Å². The molecule has 1 aromatic rings. The maximum absolute atomic E-state index is 12.0. The van der Waals surface area contributed by atoms with Crippen LogP contribution in [0, 0.1) is 6.92 Å². The zero-order valence-corrected chi connectivity index (χ0v) is 12.9. The Labute approximate surface area is 126 Å². The molecule has 1 fully saturated rings. The van der Waals surface area contributed by atoms with E-state index < -0.39 is 0 Å². The smallest absolute Gasteiger partial charge is 0.223 e. The van der Waals surface area contributed by atoms with Crippen LogP contribution in [0.3, 0.4) is 0 Å². The van der Waals surface area contributed by atoms with Gasteiger partial charge in [-0.25, -0.2) is 0 Å². The van der Waals surface area contributed by atoms with Crippen LogP contribution in [0.1, 0.15) is 36.8 Å². The van der Waals surface area contributed by atoms with Gasteiger partial charge < -0.3 is 10.2 Å². The molecule has 3 nitrogen and oxygen atoms in total. The lowest BCUT2D eigenvalue weighted by Crippen LogP contribution is -2.37. The SMILES string of the molecule is Cc1ccc(CNCCC(=O)N2CCCCC2)c(Cl)c1. The van der Waals surface area contributed by atoms with E-state index in [0.29, 0.717) is 19.5 Å². The zero-order chi connectivity index (χ0) is 14.4. The van der Waals surface area contributed by atoms with Crippen molar-refractivity contribution >= 4 is 17.5 Å². The number of likely N-dealkylation sites (tertiary alicyclic amines) is 1. The highest BCUT2D eigenvalue weighted by molar-refractivity contribution is 6.31. The summed E-state index contributed by atoms with van der Waals surface area (Å²) in [4.78, 5) is 14.0. The number of halogens is 1. The lowest BCUT2D eigenvalue weighted by atomic mass is 10.1. The summed E-state index contributed by atoms with van der Waals surface area (Å²) in [5.41, 5.74) is 2.25. The van der Waals surface area contributed by atoms with Crippen LogP contribution in [0.25, 0.3) is 0 Å². The molecule has 4 heteroatoms. The predicted octanol–water partition coefficient (Wildman–Crippen LogP) is 3.14. The van der Waals surface area contributed by atoms with Gasteiger partial charge in [-0.05, 0) is 43.4 Å². The summed E-state index contributed by atoms with van der Waals surface area (Å²) < 4.78 is 0. The van der Waals surface area contributed by atoms with E-state index in [1.54, 1.807) is 0 Å². The van der Waals surface area contributed by atoms with E-state index in [4.69, 9.17) is 11.6 Å². The second-order valence-corrected chi connectivity index (χ2v) is 5.87. The first kappa shape index (κ1) is 15.3. The van der Waals surface area contributed by atoms with Crippen LogP contribution in [-0.4, -0.2) is 30.4 Å². The molecule has 1 saturated heterocycles. The van der Waals surface area contributed by atoms with Crippen LogP contribution < -0.4 is 5.32 Å². The molecule has 0 aliphatic carbocycles. The third kappa shape index (κ3) is 4.50. The maximum atomic E-state index is 12.0. The van der Waals surface area contributed by atoms with Crippen LogP contribution in [0.5, 0.6) is 0 Å². The van der Waals surface area contributed by atoms with Crippen LogP contribution in [0.2, 0.25) is 5.02 Å². The molecular formula is C16H23ClN2O. The standard InChI is InChI=1S/C16H23ClN2O/c1-13-5-6-14(15(17)11-13)12-18-8-7-16(20)19-9-3-2-4-10-19/h5-6,11,18H,2-4,7-10,12H2,1H3. The Bertz CT molecular complexity index is 456. The molecule has 0 unspecified atom stereocenters. The first-order chi connectivity index (χ1) is 9.66. The van der Waals surface area contributed by atoms with Gasteiger partial charge in [-0.2, -0.15) is 0 Å². The summed E-state index contributed by atoms with van der Waals surface area (Å²) in [6, 6.07) is 6.07. The lowest BCUT2D eigenvalue weighted by molar-refractivity contribution is -0.131. The number of nitrogens with one attached hydrogen (secondary N) is 1. The number of nitrogens with zero attached hydrogens (tertiary/aromatic N) is 1. The van der Waals surface area contributed by atoms with Gasteiger partial charge in [0.1, 0.15) is 0 Å². The van der Waals surface area contributed by atoms with Gasteiger partial charge in [0.2, 0.25) is 5.91 Å². The molecular weight excluding hydrogens is 272 g/mol. The fourth-order valence-electron chi connectivity index (χ4n) is 2.52. The molecule has 110 valence electrons. The molecule has 1 aliphatic rings. The summed E-state index contributed by atoms with van der Waals surface area (Å²) in [5.74, 6) is 0.271. The van der Waals surface area contributed by atoms with Gasteiger partial charge in [0.25, 0.3) is 0 Å². The first-order valence-corrected chi connectivity index (χ1v) is 7.78. The fourth-order valence-corrected chi connectivity index (χ4v) is 2.82. The van der Waals surface area contributed by atoms with E-state index in [9.17, 15) is 4.79 Å². The molecule has 20 heavy (non-hydrogen) atoms. The number of carbonyl (C=O) groups excluding carboxylic acids is 1. The van der Waals surface area contributed by atoms with Crippen LogP contribution >= 0.6 is 11.6 Å². The van der Waals surface area contributed by atoms with Crippen molar-refractivity contribution in [2.75, 3.05) is 19.6 Å². The Kier molecular flexibility index (Phi) is 5.86. The average molecular weight is 295 g/mol. The van der Waals surface area contributed by atoms with E-state index in [2.05, 4.69) is 11.4 Å². The van der Waals surface area contributed by atoms with E-state index in [1.165, 1.54) is 12.0 Å². The number of benzene rings is 1. The molecule has 0 aromatic heterocycles. The number of hydrogen-bond donors (Lipinski definition) is 1. The number of carbonyl (C=O) groups is 1. The molecule has 0 spiro atoms. The molecule has 0 saturated carbocycles. The van der Waals surface area contributed by atoms with Crippen molar-refractivity contribution in [1.29, 1.82) is 0 Å². The van der Waals surface area contributed by atoms with Crippen molar-refractivity contribution in [3.63, 3.8) is 0 Å². The monoisotopic (exact) mass is 294 g/mol. The zero-order valence-electron chi connectivity index (χ0n) is 12.1. The molecule has 0 radical (unpaired) electrons. The van der Waals surface area contributed by atoms with Crippen LogP contribution in [-0.2, 0) is 11.3 Å². The first-order valence-electron chi connectivity index (χ1n) is 7.40. The molecule has 1 aromatic carbocycles. The van der Waals surface area contributed by atoms with Crippen molar-refractivity contribution in [3.8, 4) is 0 Å². The van der Waals surface area contributed by atoms with Crippen molar-refractivity contribution in [2.45, 2.75) is 39.2 Å². The average Bonchev–Trinajstić information content (AvgIpc) is 2.46. The summed E-state index contributed by atoms with van der Waals surface area (Å²) in [6.45, 7) is 5.32. The van der Waals surface area contributed by atoms with Crippen LogP contribution in [0.15, 0.2) is 18.2 Å². The highest BCUT2D eigenvalue weighted by Gasteiger charge is 2.15. The normalized spacial score (nSPS) is 15.4. The number of aryl methyl sites for hydroxylation is 1. The molecule has 0 atom stereocenters. The highest BCUT2D eigenvalue weighted by Crippen LogP contribution is 2.17. The van der Waals surface area contributed by atoms with Crippen molar-refractivity contribution < 1.29 is 4.79 Å². The topological polar surface area (TPSA) is 32.3 Å². The minimum Gasteiger partial charge on any atom is -0.343 e. The Hall–Kier alpha value is -1.06. The summed E-state index contributed by atoms with van der Waals surface area (Å²) >= 11 is 6.18. The predicted molar refractivity (Wildman–Crippen MR) is 82.9 cm³/mol. The van der Waals surface area contributed by atoms with Gasteiger partial charge in [0.15, 0.2) is 0 Å². The van der Waals surface area contributed by atoms with E-state index >= 15 is 0 Å². The fraction of sp³-hybridized carbons (Fsp3) is 0.562. The Morgan fingerprint density at radius 1 is 1.30 bits per heavy atom. The number of rotatable bonds is 5. The summed E-state index contributed by atoms with van der Waals surface area (Å²) in [5, 5.41) is 4.09. The number of amides is 1. The highest BCUT2D eigenvalue weighted by atomic mass is 35.5. The van der Waals surface area contributed by atoms with Gasteiger partial charge >= 0.3 is 0 Å². The Morgan fingerprint density at radius 2 is 2.05 bits per heavy atom. The third-order valence-corrected chi connectivity index (χ3v) is 4.10. The van der Waals surface area contributed by atoms with Crippen molar-refractivity contribution in [2.24, 2.45) is 0 Å². The maximum Gasteiger partial charge on any atom is 0.223 e. The van der Waals surface area contributed by atoms with Crippen molar-refractivity contribution in [1.82, 2.24) is 10.2 Å². The van der Waals surface area contributed by atoms with Gasteiger partial charge in [-0.3, -0.25) is 4.79 Å². The van der Waals surface area contributed by atoms with E-state index in [-0.39, 0.29) is 5.91 Å². The quantitative estimate of drug-likeness (QED) is 0.846. The summed E-state index contributed by atoms with van der Waals surface area (Å²) in [7, 11) is 0. The molecule has 1 amide bonds. The van der Waals surface area contributed by atoms with Gasteiger partial charge in [-0.15, -0.1) is 0 Å². The largest absolute Gasteiger partial charge is 0.343 e. The van der Waals surface area contributed by atoms with Crippen molar-refractivity contribution in [3.05, 3.63) is 34.3 Å². The van der Waals surface area contributed by atoms with Crippen LogP contribution in [0.4, 0.5) is 0 Å². The Balaban J connectivity index is 1.69. The molecule has 1 aliphatic heterocycles. The molecule has 1 heterocycles. The molecule has 2 rings (SSSR count). The number of hydrogen-bond acceptors (Lipinski definition) is 2. The van der Waals surface area contributed by atoms with Gasteiger partial charge in [0, 0.05) is 37.6 Å². The minimum absolute atomic E-state index is 0.271. The third-order valence-electron chi connectivity index (χ3n) is 3.75. The summed E-state index contributed by atoms with van der Waals surface area (Å²) in [6.07, 6.45) is 4.13. The van der Waals surface area contributed by atoms with Gasteiger partial charge in [-0.1, -0.05) is 23.7 Å². The number of piperidine rings is 1. The Morgan fingerprint density at radius 3 is 2.75 bits per heavy atom. The van der Waals surface area contributed by atoms with Gasteiger partial charge in [0.05, 0.1) is 0 Å². The second kappa shape index (κ2) is 7.65.